The van der Waals surface area contributed by atoms with Crippen molar-refractivity contribution in [2.24, 2.45) is 0 Å². The second kappa shape index (κ2) is 7.82. The monoisotopic (exact) mass is 319 g/mol. The molecule has 2 heterocycles. The Morgan fingerprint density at radius 3 is 2.57 bits per heavy atom. The summed E-state index contributed by atoms with van der Waals surface area (Å²) < 4.78 is 0. The van der Waals surface area contributed by atoms with Crippen LogP contribution >= 0.6 is 0 Å². The zero-order valence-electron chi connectivity index (χ0n) is 11.7. The molecule has 0 bridgehead atoms. The van der Waals surface area contributed by atoms with E-state index in [2.05, 4.69) is 36.2 Å². The van der Waals surface area contributed by atoms with Crippen LogP contribution in [0.5, 0.6) is 0 Å². The summed E-state index contributed by atoms with van der Waals surface area (Å²) in [6.45, 7) is 0. The molecule has 0 unspecified atom stereocenters. The van der Waals surface area contributed by atoms with Crippen molar-refractivity contribution in [3.63, 3.8) is 0 Å². The number of H-pyrrole nitrogens is 1. The van der Waals surface area contributed by atoms with Crippen LogP contribution in [0.1, 0.15) is 10.5 Å². The van der Waals surface area contributed by atoms with Crippen LogP contribution in [0.4, 0.5) is 11.6 Å². The summed E-state index contributed by atoms with van der Waals surface area (Å²) >= 11 is 0. The van der Waals surface area contributed by atoms with Crippen molar-refractivity contribution in [3.8, 4) is 11.3 Å². The van der Waals surface area contributed by atoms with Crippen LogP contribution in [0, 0.1) is 0 Å². The van der Waals surface area contributed by atoms with E-state index in [1.807, 2.05) is 37.4 Å². The first-order valence-electron chi connectivity index (χ1n) is 6.56. The van der Waals surface area contributed by atoms with Gasteiger partial charge in [0.05, 0.1) is 5.69 Å². The van der Waals surface area contributed by atoms with E-state index in [1.165, 1.54) is 0 Å². The van der Waals surface area contributed by atoms with E-state index >= 15 is 0 Å². The number of hydrogen-bond donors (Lipinski definition) is 3. The van der Waals surface area contributed by atoms with E-state index in [1.54, 1.807) is 12.1 Å². The van der Waals surface area contributed by atoms with E-state index in [4.69, 9.17) is 0 Å². The van der Waals surface area contributed by atoms with Gasteiger partial charge < -0.3 is 5.32 Å². The Morgan fingerprint density at radius 2 is 1.91 bits per heavy atom. The third-order valence-corrected chi connectivity index (χ3v) is 3.03. The predicted octanol–water partition coefficient (Wildman–Crippen LogP) is 0.907. The molecule has 0 aliphatic rings. The first-order chi connectivity index (χ1) is 10.8. The molecular formula is C14H14N7NaO. The molecule has 8 nitrogen and oxygen atoms in total. The molecule has 112 valence electrons. The number of anilines is 2. The number of aromatic amines is 1. The summed E-state index contributed by atoms with van der Waals surface area (Å²) in [5.74, 6) is -0.206. The maximum absolute atomic E-state index is 12.1. The molecule has 9 heteroatoms. The zero-order chi connectivity index (χ0) is 15.4. The number of pyridine rings is 1. The SMILES string of the molecule is CNc1ccc(-c2cccc(C(=O)Nc3nnn[nH]3)n2)cc1.[NaH]. The standard InChI is InChI=1S/C14H13N7O.Na.H/c1-15-10-7-5-9(6-8-10)11-3-2-4-12(16-11)13(22)17-14-18-20-21-19-14;;/h2-8,15H,1H3,(H2,17,18,19,20,21,22);;. The second-order valence-electron chi connectivity index (χ2n) is 4.44. The zero-order valence-corrected chi connectivity index (χ0v) is 11.7. The van der Waals surface area contributed by atoms with Crippen molar-refractivity contribution in [1.82, 2.24) is 25.6 Å². The Bertz CT molecular complexity index is 774. The molecule has 3 rings (SSSR count). The molecule has 3 N–H and O–H groups in total. The minimum absolute atomic E-state index is 0. The summed E-state index contributed by atoms with van der Waals surface area (Å²) in [6, 6.07) is 13.0. The second-order valence-corrected chi connectivity index (χ2v) is 4.44. The van der Waals surface area contributed by atoms with E-state index in [0.717, 1.165) is 11.3 Å². The van der Waals surface area contributed by atoms with Crippen molar-refractivity contribution in [2.45, 2.75) is 0 Å². The normalized spacial score (nSPS) is 9.78. The fourth-order valence-electron chi connectivity index (χ4n) is 1.91. The Kier molecular flexibility index (Phi) is 5.80. The maximum atomic E-state index is 12.1. The fourth-order valence-corrected chi connectivity index (χ4v) is 1.91. The molecule has 0 aliphatic carbocycles. The van der Waals surface area contributed by atoms with E-state index in [9.17, 15) is 4.79 Å². The van der Waals surface area contributed by atoms with Crippen LogP contribution in [-0.2, 0) is 0 Å². The van der Waals surface area contributed by atoms with Gasteiger partial charge in [-0.15, -0.1) is 0 Å². The summed E-state index contributed by atoms with van der Waals surface area (Å²) in [7, 11) is 1.86. The first kappa shape index (κ1) is 17.1. The van der Waals surface area contributed by atoms with Gasteiger partial charge in [-0.2, -0.15) is 0 Å². The molecule has 0 aliphatic heterocycles. The molecule has 2 aromatic heterocycles. The topological polar surface area (TPSA) is 108 Å². The van der Waals surface area contributed by atoms with Crippen molar-refractivity contribution < 1.29 is 4.79 Å². The molecule has 0 spiro atoms. The van der Waals surface area contributed by atoms with Gasteiger partial charge in [-0.25, -0.2) is 10.1 Å². The Hall–Kier alpha value is -2.29. The first-order valence-corrected chi connectivity index (χ1v) is 6.56. The molecule has 3 aromatic rings. The molecule has 0 saturated carbocycles. The third-order valence-electron chi connectivity index (χ3n) is 3.03. The number of rotatable bonds is 4. The number of hydrogen-bond acceptors (Lipinski definition) is 6. The molecule has 1 aromatic carbocycles. The summed E-state index contributed by atoms with van der Waals surface area (Å²) in [6.07, 6.45) is 0. The number of nitrogens with one attached hydrogen (secondary N) is 3. The number of carbonyl (C=O) groups is 1. The van der Waals surface area contributed by atoms with Crippen LogP contribution in [0.15, 0.2) is 42.5 Å². The number of carbonyl (C=O) groups excluding carboxylic acids is 1. The van der Waals surface area contributed by atoms with E-state index in [-0.39, 0.29) is 47.1 Å². The number of amides is 1. The number of aromatic nitrogens is 5. The van der Waals surface area contributed by atoms with Gasteiger partial charge in [-0.3, -0.25) is 10.1 Å². The summed E-state index contributed by atoms with van der Waals surface area (Å²) in [5.41, 5.74) is 2.93. The third kappa shape index (κ3) is 4.13. The van der Waals surface area contributed by atoms with Gasteiger partial charge in [0.25, 0.3) is 5.91 Å². The van der Waals surface area contributed by atoms with Crippen LogP contribution < -0.4 is 10.6 Å². The van der Waals surface area contributed by atoms with Crippen LogP contribution in [0.2, 0.25) is 0 Å². The van der Waals surface area contributed by atoms with Crippen LogP contribution in [-0.4, -0.2) is 68.1 Å². The molecule has 0 atom stereocenters. The van der Waals surface area contributed by atoms with E-state index < -0.39 is 0 Å². The van der Waals surface area contributed by atoms with Gasteiger partial charge in [-0.1, -0.05) is 23.3 Å². The van der Waals surface area contributed by atoms with Gasteiger partial charge in [0, 0.05) is 18.3 Å². The van der Waals surface area contributed by atoms with Gasteiger partial charge in [0.15, 0.2) is 0 Å². The Labute approximate surface area is 154 Å². The quantitative estimate of drug-likeness (QED) is 0.617. The van der Waals surface area contributed by atoms with Gasteiger partial charge >= 0.3 is 29.6 Å². The molecule has 0 saturated heterocycles. The summed E-state index contributed by atoms with van der Waals surface area (Å²) in [4.78, 5) is 16.5. The van der Waals surface area contributed by atoms with E-state index in [0.29, 0.717) is 5.69 Å². The van der Waals surface area contributed by atoms with Gasteiger partial charge in [-0.05, 0) is 34.7 Å². The fraction of sp³-hybridized carbons (Fsp3) is 0.0714. The van der Waals surface area contributed by atoms with Crippen molar-refractivity contribution in [1.29, 1.82) is 0 Å². The molecule has 0 radical (unpaired) electrons. The van der Waals surface area contributed by atoms with Gasteiger partial charge in [0.2, 0.25) is 5.95 Å². The summed E-state index contributed by atoms with van der Waals surface area (Å²) in [5, 5.41) is 18.4. The average molecular weight is 319 g/mol. The van der Waals surface area contributed by atoms with Gasteiger partial charge in [0.1, 0.15) is 5.69 Å². The van der Waals surface area contributed by atoms with Crippen LogP contribution in [0.25, 0.3) is 11.3 Å². The number of tetrazole rings is 1. The molecule has 0 fully saturated rings. The Morgan fingerprint density at radius 1 is 1.13 bits per heavy atom. The molecule has 23 heavy (non-hydrogen) atoms. The number of nitrogens with zero attached hydrogens (tertiary/aromatic N) is 4. The van der Waals surface area contributed by atoms with Crippen LogP contribution in [0.3, 0.4) is 0 Å². The minimum atomic E-state index is -0.382. The average Bonchev–Trinajstić information content (AvgIpc) is 3.08. The number of benzene rings is 1. The Balaban J connectivity index is 0.00000192. The molecule has 1 amide bonds. The predicted molar refractivity (Wildman–Crippen MR) is 88.5 cm³/mol. The van der Waals surface area contributed by atoms with Crippen molar-refractivity contribution in [2.75, 3.05) is 17.7 Å². The van der Waals surface area contributed by atoms with Crippen molar-refractivity contribution >= 4 is 47.1 Å². The van der Waals surface area contributed by atoms with Crippen molar-refractivity contribution in [3.05, 3.63) is 48.2 Å². The molecular weight excluding hydrogens is 305 g/mol.